The number of nitrogens with zero attached hydrogens (tertiary/aromatic N) is 1. The third-order valence-electron chi connectivity index (χ3n) is 3.85. The highest BCUT2D eigenvalue weighted by molar-refractivity contribution is 5.78. The van der Waals surface area contributed by atoms with Gasteiger partial charge in [0.25, 0.3) is 0 Å². The summed E-state index contributed by atoms with van der Waals surface area (Å²) in [5, 5.41) is 0. The molecule has 0 radical (unpaired) electrons. The molecule has 1 aromatic carbocycles. The number of unbranched alkanes of at least 4 members (excludes halogenated alkanes) is 1. The van der Waals surface area contributed by atoms with E-state index in [0.717, 1.165) is 31.2 Å². The number of carbonyl (C=O) groups excluding carboxylic acids is 1. The summed E-state index contributed by atoms with van der Waals surface area (Å²) in [6.07, 6.45) is 6.31. The molecule has 0 atom stereocenters. The van der Waals surface area contributed by atoms with E-state index in [9.17, 15) is 4.79 Å². The van der Waals surface area contributed by atoms with Gasteiger partial charge >= 0.3 is 0 Å². The van der Waals surface area contributed by atoms with E-state index in [-0.39, 0.29) is 5.91 Å². The maximum atomic E-state index is 11.4. The topological polar surface area (TPSA) is 38.8 Å². The highest BCUT2D eigenvalue weighted by Crippen LogP contribution is 2.27. The van der Waals surface area contributed by atoms with Gasteiger partial charge in [-0.3, -0.25) is 4.79 Å². The molecule has 1 heterocycles. The molecule has 0 aliphatic carbocycles. The zero-order valence-corrected chi connectivity index (χ0v) is 14.0. The number of methoxy groups -OCH3 is 2. The van der Waals surface area contributed by atoms with Gasteiger partial charge in [-0.05, 0) is 37.5 Å². The van der Waals surface area contributed by atoms with Crippen molar-refractivity contribution in [1.29, 1.82) is 0 Å². The smallest absolute Gasteiger partial charge is 0.226 e. The highest BCUT2D eigenvalue weighted by Gasteiger charge is 2.14. The molecule has 23 heavy (non-hydrogen) atoms. The molecule has 1 aliphatic heterocycles. The minimum Gasteiger partial charge on any atom is -0.493 e. The van der Waals surface area contributed by atoms with Crippen LogP contribution in [0.1, 0.15) is 37.7 Å². The summed E-state index contributed by atoms with van der Waals surface area (Å²) >= 11 is 0. The molecule has 0 fully saturated rings. The van der Waals surface area contributed by atoms with E-state index in [4.69, 9.17) is 9.47 Å². The quantitative estimate of drug-likeness (QED) is 0.618. The van der Waals surface area contributed by atoms with Gasteiger partial charge in [0.1, 0.15) is 0 Å². The predicted molar refractivity (Wildman–Crippen MR) is 90.4 cm³/mol. The summed E-state index contributed by atoms with van der Waals surface area (Å²) in [6.45, 7) is 0. The molecule has 1 aromatic rings. The zero-order valence-electron chi connectivity index (χ0n) is 14.0. The molecular formula is C19H23NO3. The van der Waals surface area contributed by atoms with Crippen molar-refractivity contribution in [2.75, 3.05) is 21.3 Å². The molecule has 0 saturated heterocycles. The first-order chi connectivity index (χ1) is 11.1. The van der Waals surface area contributed by atoms with Crippen LogP contribution in [0.15, 0.2) is 30.0 Å². The van der Waals surface area contributed by atoms with Crippen molar-refractivity contribution in [1.82, 2.24) is 4.90 Å². The Morgan fingerprint density at radius 2 is 1.96 bits per heavy atom. The predicted octanol–water partition coefficient (Wildman–Crippen LogP) is 3.36. The summed E-state index contributed by atoms with van der Waals surface area (Å²) in [4.78, 5) is 13.1. The lowest BCUT2D eigenvalue weighted by molar-refractivity contribution is -0.128. The number of ether oxygens (including phenoxy) is 2. The van der Waals surface area contributed by atoms with E-state index in [1.807, 2.05) is 31.4 Å². The fourth-order valence-electron chi connectivity index (χ4n) is 2.53. The van der Waals surface area contributed by atoms with Crippen LogP contribution in [-0.4, -0.2) is 32.1 Å². The molecule has 1 aliphatic rings. The first-order valence-corrected chi connectivity index (χ1v) is 7.80. The van der Waals surface area contributed by atoms with E-state index in [2.05, 4.69) is 11.8 Å². The summed E-state index contributed by atoms with van der Waals surface area (Å²) in [5.74, 6) is 7.95. The first kappa shape index (κ1) is 17.0. The van der Waals surface area contributed by atoms with Crippen LogP contribution in [0.25, 0.3) is 0 Å². The van der Waals surface area contributed by atoms with Crippen molar-refractivity contribution < 1.29 is 14.3 Å². The van der Waals surface area contributed by atoms with Crippen LogP contribution in [0, 0.1) is 11.8 Å². The van der Waals surface area contributed by atoms with Crippen molar-refractivity contribution in [2.24, 2.45) is 0 Å². The highest BCUT2D eigenvalue weighted by atomic mass is 16.5. The molecule has 4 nitrogen and oxygen atoms in total. The molecule has 0 unspecified atom stereocenters. The Balaban J connectivity index is 1.84. The first-order valence-electron chi connectivity index (χ1n) is 7.80. The summed E-state index contributed by atoms with van der Waals surface area (Å²) in [6, 6.07) is 5.68. The van der Waals surface area contributed by atoms with Crippen molar-refractivity contribution in [3.63, 3.8) is 0 Å². The number of amides is 1. The monoisotopic (exact) mass is 313 g/mol. The fraction of sp³-hybridized carbons (Fsp3) is 0.421. The molecule has 122 valence electrons. The van der Waals surface area contributed by atoms with Gasteiger partial charge in [-0.25, -0.2) is 0 Å². The summed E-state index contributed by atoms with van der Waals surface area (Å²) < 4.78 is 10.5. The van der Waals surface area contributed by atoms with Crippen LogP contribution in [0.5, 0.6) is 11.5 Å². The molecule has 4 heteroatoms. The summed E-state index contributed by atoms with van der Waals surface area (Å²) in [5.41, 5.74) is 2.25. The molecule has 0 bridgehead atoms. The van der Waals surface area contributed by atoms with Crippen LogP contribution in [0.3, 0.4) is 0 Å². The normalized spacial score (nSPS) is 14.0. The van der Waals surface area contributed by atoms with Crippen LogP contribution in [0.4, 0.5) is 0 Å². The van der Waals surface area contributed by atoms with Gasteiger partial charge in [0, 0.05) is 31.7 Å². The fourth-order valence-corrected chi connectivity index (χ4v) is 2.53. The second-order valence-corrected chi connectivity index (χ2v) is 5.52. The number of hydrogen-bond acceptors (Lipinski definition) is 3. The maximum Gasteiger partial charge on any atom is 0.226 e. The van der Waals surface area contributed by atoms with Crippen molar-refractivity contribution in [3.8, 4) is 23.3 Å². The average Bonchev–Trinajstić information content (AvgIpc) is 2.57. The Hall–Kier alpha value is -2.41. The maximum absolute atomic E-state index is 11.4. The second kappa shape index (κ2) is 8.28. The average molecular weight is 313 g/mol. The Morgan fingerprint density at radius 3 is 2.65 bits per heavy atom. The van der Waals surface area contributed by atoms with E-state index < -0.39 is 0 Å². The Morgan fingerprint density at radius 1 is 1.17 bits per heavy atom. The number of hydrogen-bond donors (Lipinski definition) is 0. The lowest BCUT2D eigenvalue weighted by Crippen LogP contribution is -2.24. The van der Waals surface area contributed by atoms with Crippen LogP contribution in [-0.2, 0) is 4.79 Å². The van der Waals surface area contributed by atoms with Gasteiger partial charge < -0.3 is 14.4 Å². The van der Waals surface area contributed by atoms with Crippen molar-refractivity contribution >= 4 is 5.91 Å². The third-order valence-corrected chi connectivity index (χ3v) is 3.85. The van der Waals surface area contributed by atoms with Gasteiger partial charge in [-0.1, -0.05) is 17.4 Å². The SMILES string of the molecule is COc1ccc(C#CCCCC2=CN(C)C(=O)CC2)cc1OC. The van der Waals surface area contributed by atoms with Crippen molar-refractivity contribution in [2.45, 2.75) is 32.1 Å². The summed E-state index contributed by atoms with van der Waals surface area (Å²) in [7, 11) is 5.06. The third kappa shape index (κ3) is 4.79. The standard InChI is InChI=1S/C19H23NO3/c1-20-14-16(10-12-19(20)21)8-6-4-5-7-15-9-11-17(22-2)18(13-15)23-3/h9,11,13-14H,4,6,8,10,12H2,1-3H3. The minimum absolute atomic E-state index is 0.196. The second-order valence-electron chi connectivity index (χ2n) is 5.52. The van der Waals surface area contributed by atoms with Crippen LogP contribution in [0.2, 0.25) is 0 Å². The molecule has 0 saturated carbocycles. The van der Waals surface area contributed by atoms with Gasteiger partial charge in [-0.15, -0.1) is 0 Å². The lowest BCUT2D eigenvalue weighted by atomic mass is 10.0. The van der Waals surface area contributed by atoms with Gasteiger partial charge in [0.05, 0.1) is 14.2 Å². The Bertz CT molecular complexity index is 652. The molecule has 0 spiro atoms. The van der Waals surface area contributed by atoms with E-state index >= 15 is 0 Å². The molecule has 2 rings (SSSR count). The molecule has 0 N–H and O–H groups in total. The van der Waals surface area contributed by atoms with Crippen LogP contribution >= 0.6 is 0 Å². The van der Waals surface area contributed by atoms with Gasteiger partial charge in [0.15, 0.2) is 11.5 Å². The lowest BCUT2D eigenvalue weighted by Gasteiger charge is -2.20. The van der Waals surface area contributed by atoms with Gasteiger partial charge in [-0.2, -0.15) is 0 Å². The van der Waals surface area contributed by atoms with Gasteiger partial charge in [0.2, 0.25) is 5.91 Å². The number of carbonyl (C=O) groups is 1. The molecular weight excluding hydrogens is 290 g/mol. The van der Waals surface area contributed by atoms with E-state index in [1.165, 1.54) is 5.57 Å². The number of allylic oxidation sites excluding steroid dienone is 1. The van der Waals surface area contributed by atoms with Crippen molar-refractivity contribution in [3.05, 3.63) is 35.5 Å². The largest absolute Gasteiger partial charge is 0.493 e. The zero-order chi connectivity index (χ0) is 16.7. The van der Waals surface area contributed by atoms with E-state index in [0.29, 0.717) is 17.9 Å². The Kier molecular flexibility index (Phi) is 6.10. The number of benzene rings is 1. The molecule has 1 amide bonds. The Labute approximate surface area is 138 Å². The number of rotatable bonds is 5. The van der Waals surface area contributed by atoms with Crippen LogP contribution < -0.4 is 9.47 Å². The minimum atomic E-state index is 0.196. The van der Waals surface area contributed by atoms with E-state index in [1.54, 1.807) is 19.1 Å². The molecule has 0 aromatic heterocycles.